The van der Waals surface area contributed by atoms with E-state index in [2.05, 4.69) is 0 Å². The molecular formula is C13H22N2O2S. The van der Waals surface area contributed by atoms with Crippen molar-refractivity contribution in [1.82, 2.24) is 0 Å². The quantitative estimate of drug-likeness (QED) is 0.770. The maximum absolute atomic E-state index is 12.2. The number of hydrogen-bond acceptors (Lipinski definition) is 3. The van der Waals surface area contributed by atoms with Crippen molar-refractivity contribution in [3.8, 4) is 0 Å². The molecule has 0 saturated heterocycles. The molecule has 4 nitrogen and oxygen atoms in total. The molecule has 0 fully saturated rings. The third-order valence-electron chi connectivity index (χ3n) is 2.77. The second-order valence-corrected chi connectivity index (χ2v) is 6.33. The summed E-state index contributed by atoms with van der Waals surface area (Å²) in [6, 6.07) is 7.56. The van der Waals surface area contributed by atoms with Crippen LogP contribution in [0.3, 0.4) is 0 Å². The van der Waals surface area contributed by atoms with Crippen molar-refractivity contribution in [3.05, 3.63) is 29.8 Å². The molecule has 0 aliphatic carbocycles. The van der Waals surface area contributed by atoms with Crippen molar-refractivity contribution in [2.45, 2.75) is 26.7 Å². The van der Waals surface area contributed by atoms with Crippen LogP contribution in [-0.2, 0) is 10.0 Å². The van der Waals surface area contributed by atoms with E-state index in [1.165, 1.54) is 4.31 Å². The Balaban J connectivity index is 2.88. The van der Waals surface area contributed by atoms with Crippen LogP contribution >= 0.6 is 0 Å². The molecule has 1 rings (SSSR count). The molecule has 0 aromatic heterocycles. The van der Waals surface area contributed by atoms with Gasteiger partial charge >= 0.3 is 0 Å². The summed E-state index contributed by atoms with van der Waals surface area (Å²) >= 11 is 0. The van der Waals surface area contributed by atoms with Crippen LogP contribution in [-0.4, -0.2) is 27.3 Å². The molecule has 0 radical (unpaired) electrons. The van der Waals surface area contributed by atoms with E-state index in [1.54, 1.807) is 0 Å². The van der Waals surface area contributed by atoms with Crippen LogP contribution < -0.4 is 10.0 Å². The number of aryl methyl sites for hydroxylation is 1. The van der Waals surface area contributed by atoms with E-state index >= 15 is 0 Å². The van der Waals surface area contributed by atoms with Gasteiger partial charge in [0.2, 0.25) is 10.0 Å². The lowest BCUT2D eigenvalue weighted by Crippen LogP contribution is -2.33. The molecule has 5 heteroatoms. The van der Waals surface area contributed by atoms with Gasteiger partial charge < -0.3 is 5.73 Å². The minimum Gasteiger partial charge on any atom is -0.330 e. The topological polar surface area (TPSA) is 63.4 Å². The van der Waals surface area contributed by atoms with E-state index in [-0.39, 0.29) is 5.75 Å². The highest BCUT2D eigenvalue weighted by Crippen LogP contribution is 2.20. The fraction of sp³-hybridized carbons (Fsp3) is 0.538. The van der Waals surface area contributed by atoms with Gasteiger partial charge in [0.15, 0.2) is 0 Å². The van der Waals surface area contributed by atoms with E-state index in [0.29, 0.717) is 19.5 Å². The lowest BCUT2D eigenvalue weighted by Gasteiger charge is -2.23. The minimum absolute atomic E-state index is 0.159. The first-order valence-corrected chi connectivity index (χ1v) is 7.89. The van der Waals surface area contributed by atoms with E-state index in [0.717, 1.165) is 17.7 Å². The Morgan fingerprint density at radius 3 is 2.56 bits per heavy atom. The van der Waals surface area contributed by atoms with Gasteiger partial charge in [0.05, 0.1) is 11.4 Å². The van der Waals surface area contributed by atoms with Gasteiger partial charge in [-0.15, -0.1) is 0 Å². The molecule has 0 aliphatic rings. The van der Waals surface area contributed by atoms with Crippen LogP contribution in [0, 0.1) is 6.92 Å². The third kappa shape index (κ3) is 3.99. The Morgan fingerprint density at radius 2 is 2.00 bits per heavy atom. The number of rotatable bonds is 7. The largest absolute Gasteiger partial charge is 0.330 e. The normalized spacial score (nSPS) is 11.5. The maximum atomic E-state index is 12.2. The summed E-state index contributed by atoms with van der Waals surface area (Å²) in [4.78, 5) is 0. The smallest absolute Gasteiger partial charge is 0.235 e. The lowest BCUT2D eigenvalue weighted by molar-refractivity contribution is 0.587. The summed E-state index contributed by atoms with van der Waals surface area (Å²) < 4.78 is 25.9. The Morgan fingerprint density at radius 1 is 1.28 bits per heavy atom. The molecule has 102 valence electrons. The molecule has 0 atom stereocenters. The van der Waals surface area contributed by atoms with Crippen molar-refractivity contribution in [2.24, 2.45) is 5.73 Å². The van der Waals surface area contributed by atoms with Gasteiger partial charge in [-0.3, -0.25) is 4.31 Å². The molecule has 0 bridgehead atoms. The van der Waals surface area contributed by atoms with Crippen LogP contribution in [0.2, 0.25) is 0 Å². The Hall–Kier alpha value is -1.07. The average molecular weight is 270 g/mol. The first kappa shape index (κ1) is 15.0. The molecular weight excluding hydrogens is 248 g/mol. The average Bonchev–Trinajstić information content (AvgIpc) is 2.29. The molecule has 1 aromatic rings. The number of anilines is 1. The zero-order valence-electron chi connectivity index (χ0n) is 11.1. The first-order valence-electron chi connectivity index (χ1n) is 6.28. The van der Waals surface area contributed by atoms with Crippen molar-refractivity contribution in [2.75, 3.05) is 23.1 Å². The number of nitrogens with zero attached hydrogens (tertiary/aromatic N) is 1. The van der Waals surface area contributed by atoms with Crippen LogP contribution in [0.5, 0.6) is 0 Å². The number of benzene rings is 1. The van der Waals surface area contributed by atoms with E-state index in [9.17, 15) is 8.42 Å². The van der Waals surface area contributed by atoms with Crippen molar-refractivity contribution < 1.29 is 8.42 Å². The van der Waals surface area contributed by atoms with Gasteiger partial charge in [0.25, 0.3) is 0 Å². The van der Waals surface area contributed by atoms with E-state index in [4.69, 9.17) is 5.73 Å². The summed E-state index contributed by atoms with van der Waals surface area (Å²) in [6.07, 6.45) is 1.35. The molecule has 0 unspecified atom stereocenters. The molecule has 0 heterocycles. The molecule has 0 saturated carbocycles. The van der Waals surface area contributed by atoms with Gasteiger partial charge in [-0.25, -0.2) is 8.42 Å². The highest BCUT2D eigenvalue weighted by Gasteiger charge is 2.20. The van der Waals surface area contributed by atoms with E-state index in [1.807, 2.05) is 38.1 Å². The summed E-state index contributed by atoms with van der Waals surface area (Å²) in [5.74, 6) is 0.159. The van der Waals surface area contributed by atoms with Crippen molar-refractivity contribution >= 4 is 15.7 Å². The second-order valence-electron chi connectivity index (χ2n) is 4.32. The lowest BCUT2D eigenvalue weighted by atomic mass is 10.2. The van der Waals surface area contributed by atoms with Gasteiger partial charge in [-0.05, 0) is 50.9 Å². The molecule has 0 spiro atoms. The molecule has 0 amide bonds. The predicted molar refractivity (Wildman–Crippen MR) is 76.3 cm³/mol. The summed E-state index contributed by atoms with van der Waals surface area (Å²) in [7, 11) is -3.24. The Bertz CT molecular complexity index is 472. The predicted octanol–water partition coefficient (Wildman–Crippen LogP) is 1.89. The number of hydrogen-bond donors (Lipinski definition) is 1. The fourth-order valence-electron chi connectivity index (χ4n) is 1.86. The van der Waals surface area contributed by atoms with Crippen LogP contribution in [0.4, 0.5) is 5.69 Å². The SMILES string of the molecule is CCN(c1cccc(C)c1)S(=O)(=O)CCCCN. The Kier molecular flexibility index (Phi) is 5.62. The second kappa shape index (κ2) is 6.75. The highest BCUT2D eigenvalue weighted by atomic mass is 32.2. The van der Waals surface area contributed by atoms with Gasteiger partial charge in [0, 0.05) is 6.54 Å². The summed E-state index contributed by atoms with van der Waals surface area (Å²) in [5, 5.41) is 0. The standard InChI is InChI=1S/C13H22N2O2S/c1-3-15(13-8-6-7-12(2)11-13)18(16,17)10-5-4-9-14/h6-8,11H,3-5,9-10,14H2,1-2H3. The summed E-state index contributed by atoms with van der Waals surface area (Å²) in [6.45, 7) is 4.79. The third-order valence-corrected chi connectivity index (χ3v) is 4.71. The molecule has 18 heavy (non-hydrogen) atoms. The van der Waals surface area contributed by atoms with Gasteiger partial charge in [-0.2, -0.15) is 0 Å². The number of nitrogens with two attached hydrogens (primary N) is 1. The van der Waals surface area contributed by atoms with Crippen molar-refractivity contribution in [1.29, 1.82) is 0 Å². The van der Waals surface area contributed by atoms with Crippen LogP contribution in [0.15, 0.2) is 24.3 Å². The van der Waals surface area contributed by atoms with Gasteiger partial charge in [0.1, 0.15) is 0 Å². The zero-order valence-corrected chi connectivity index (χ0v) is 11.9. The maximum Gasteiger partial charge on any atom is 0.235 e. The highest BCUT2D eigenvalue weighted by molar-refractivity contribution is 7.92. The molecule has 0 aliphatic heterocycles. The van der Waals surface area contributed by atoms with Crippen molar-refractivity contribution in [3.63, 3.8) is 0 Å². The van der Waals surface area contributed by atoms with Crippen LogP contribution in [0.25, 0.3) is 0 Å². The Labute approximate surface area is 110 Å². The van der Waals surface area contributed by atoms with Crippen LogP contribution in [0.1, 0.15) is 25.3 Å². The summed E-state index contributed by atoms with van der Waals surface area (Å²) in [5.41, 5.74) is 7.19. The number of sulfonamides is 1. The fourth-order valence-corrected chi connectivity index (χ4v) is 3.48. The molecule has 1 aromatic carbocycles. The van der Waals surface area contributed by atoms with Gasteiger partial charge in [-0.1, -0.05) is 12.1 Å². The number of unbranched alkanes of at least 4 members (excludes halogenated alkanes) is 1. The first-order chi connectivity index (χ1) is 8.51. The molecule has 2 N–H and O–H groups in total. The van der Waals surface area contributed by atoms with E-state index < -0.39 is 10.0 Å². The monoisotopic (exact) mass is 270 g/mol. The zero-order chi connectivity index (χ0) is 13.6. The minimum atomic E-state index is -3.24.